The smallest absolute Gasteiger partial charge is 0.243 e. The van der Waals surface area contributed by atoms with Gasteiger partial charge in [0.05, 0.1) is 24.9 Å². The zero-order valence-corrected chi connectivity index (χ0v) is 23.4. The minimum Gasteiger partial charge on any atom is -0.387 e. The first-order valence-electron chi connectivity index (χ1n) is 13.7. The Bertz CT molecular complexity index is 937. The van der Waals surface area contributed by atoms with E-state index in [0.29, 0.717) is 19.3 Å². The predicted octanol–water partition coefficient (Wildman–Crippen LogP) is 2.34. The Labute approximate surface area is 225 Å². The van der Waals surface area contributed by atoms with E-state index in [9.17, 15) is 24.9 Å². The van der Waals surface area contributed by atoms with Crippen LogP contribution in [0.3, 0.4) is 0 Å². The third-order valence-electron chi connectivity index (χ3n) is 7.92. The lowest BCUT2D eigenvalue weighted by molar-refractivity contribution is -0.321. The van der Waals surface area contributed by atoms with E-state index < -0.39 is 29.7 Å². The normalized spacial score (nSPS) is 40.6. The largest absolute Gasteiger partial charge is 0.387 e. The molecule has 214 valence electrons. The summed E-state index contributed by atoms with van der Waals surface area (Å²) in [5.41, 5.74) is -0.249. The number of rotatable bonds is 10. The molecular weight excluding hydrogens is 490 g/mol. The average Bonchev–Trinajstić information content (AvgIpc) is 3.66. The molecule has 3 aliphatic rings. The van der Waals surface area contributed by atoms with E-state index in [1.165, 1.54) is 13.0 Å². The number of aliphatic hydroxyl groups is 3. The highest BCUT2D eigenvalue weighted by Crippen LogP contribution is 2.45. The van der Waals surface area contributed by atoms with Crippen LogP contribution >= 0.6 is 0 Å². The van der Waals surface area contributed by atoms with Crippen LogP contribution < -0.4 is 5.32 Å². The maximum atomic E-state index is 12.4. The predicted molar refractivity (Wildman–Crippen MR) is 142 cm³/mol. The number of Topliss-reactive ketones (excluding diaryl/α,β-unsaturated/α-hetero) is 1. The van der Waals surface area contributed by atoms with Crippen molar-refractivity contribution in [1.82, 2.24) is 5.32 Å². The fourth-order valence-corrected chi connectivity index (χ4v) is 5.24. The summed E-state index contributed by atoms with van der Waals surface area (Å²) in [6, 6.07) is -0.0963. The van der Waals surface area contributed by atoms with Crippen molar-refractivity contribution in [2.75, 3.05) is 6.61 Å². The van der Waals surface area contributed by atoms with Crippen molar-refractivity contribution in [1.29, 1.82) is 0 Å². The van der Waals surface area contributed by atoms with Crippen molar-refractivity contribution < 1.29 is 39.1 Å². The minimum absolute atomic E-state index is 0.00680. The van der Waals surface area contributed by atoms with Crippen LogP contribution in [0.15, 0.2) is 36.0 Å². The van der Waals surface area contributed by atoms with Gasteiger partial charge in [-0.25, -0.2) is 0 Å². The van der Waals surface area contributed by atoms with E-state index in [0.717, 1.165) is 12.0 Å². The van der Waals surface area contributed by atoms with Crippen LogP contribution in [0.1, 0.15) is 67.2 Å². The van der Waals surface area contributed by atoms with Gasteiger partial charge in [-0.15, -0.1) is 0 Å². The number of epoxide rings is 1. The highest BCUT2D eigenvalue weighted by molar-refractivity contribution is 5.88. The highest BCUT2D eigenvalue weighted by Gasteiger charge is 2.68. The van der Waals surface area contributed by atoms with Crippen LogP contribution in [0.25, 0.3) is 0 Å². The topological polar surface area (TPSA) is 138 Å². The maximum Gasteiger partial charge on any atom is 0.243 e. The molecule has 3 rings (SSSR count). The fourth-order valence-electron chi connectivity index (χ4n) is 5.24. The SMILES string of the molecule is CCC(=O)CC(C)/C=C\C(=O)NC1CC(C)C(C/C=C(C)/C=C/C2OC(C)(O)C(O)C3(CO3)C2O)OC1C. The number of carbonyl (C=O) groups is 2. The molecule has 0 aliphatic carbocycles. The molecule has 0 radical (unpaired) electrons. The van der Waals surface area contributed by atoms with Crippen molar-refractivity contribution in [3.05, 3.63) is 36.0 Å². The van der Waals surface area contributed by atoms with Gasteiger partial charge in [0, 0.05) is 12.8 Å². The van der Waals surface area contributed by atoms with Gasteiger partial charge in [-0.3, -0.25) is 9.59 Å². The van der Waals surface area contributed by atoms with Crippen molar-refractivity contribution in [3.8, 4) is 0 Å². The van der Waals surface area contributed by atoms with E-state index in [1.807, 2.05) is 33.8 Å². The maximum absolute atomic E-state index is 12.4. The van der Waals surface area contributed by atoms with Gasteiger partial charge in [0.25, 0.3) is 0 Å². The molecule has 9 nitrogen and oxygen atoms in total. The Morgan fingerprint density at radius 1 is 1.21 bits per heavy atom. The van der Waals surface area contributed by atoms with Gasteiger partial charge in [-0.2, -0.15) is 0 Å². The Morgan fingerprint density at radius 2 is 1.89 bits per heavy atom. The van der Waals surface area contributed by atoms with E-state index in [-0.39, 0.29) is 48.4 Å². The third-order valence-corrected chi connectivity index (χ3v) is 7.92. The van der Waals surface area contributed by atoms with Gasteiger partial charge in [0.1, 0.15) is 24.1 Å². The molecule has 10 unspecified atom stereocenters. The molecule has 3 fully saturated rings. The summed E-state index contributed by atoms with van der Waals surface area (Å²) < 4.78 is 17.1. The average molecular weight is 536 g/mol. The van der Waals surface area contributed by atoms with E-state index in [4.69, 9.17) is 14.2 Å². The molecule has 0 saturated carbocycles. The molecule has 9 heteroatoms. The van der Waals surface area contributed by atoms with Gasteiger partial charge in [0.15, 0.2) is 11.4 Å². The molecule has 3 aliphatic heterocycles. The zero-order chi connectivity index (χ0) is 28.3. The molecule has 0 bridgehead atoms. The number of hydrogen-bond donors (Lipinski definition) is 4. The van der Waals surface area contributed by atoms with Crippen molar-refractivity contribution in [2.24, 2.45) is 11.8 Å². The molecule has 1 spiro atoms. The highest BCUT2D eigenvalue weighted by atomic mass is 16.7. The monoisotopic (exact) mass is 535 g/mol. The molecule has 38 heavy (non-hydrogen) atoms. The van der Waals surface area contributed by atoms with Gasteiger partial charge in [0.2, 0.25) is 5.91 Å². The summed E-state index contributed by atoms with van der Waals surface area (Å²) in [4.78, 5) is 24.0. The van der Waals surface area contributed by atoms with Gasteiger partial charge in [-0.1, -0.05) is 50.6 Å². The number of ketones is 1. The first kappa shape index (κ1) is 30.7. The Kier molecular flexibility index (Phi) is 10.1. The molecule has 0 aromatic carbocycles. The molecular formula is C29H45NO8. The lowest BCUT2D eigenvalue weighted by atomic mass is 9.84. The van der Waals surface area contributed by atoms with E-state index in [1.54, 1.807) is 12.2 Å². The second kappa shape index (κ2) is 12.5. The van der Waals surface area contributed by atoms with Crippen LogP contribution in [0.4, 0.5) is 0 Å². The second-order valence-electron chi connectivity index (χ2n) is 11.4. The molecule has 1 amide bonds. The zero-order valence-electron chi connectivity index (χ0n) is 23.4. The first-order chi connectivity index (χ1) is 17.8. The van der Waals surface area contributed by atoms with Crippen LogP contribution in [0.5, 0.6) is 0 Å². The lowest BCUT2D eigenvalue weighted by Gasteiger charge is -2.44. The van der Waals surface area contributed by atoms with Crippen molar-refractivity contribution in [2.45, 2.75) is 115 Å². The summed E-state index contributed by atoms with van der Waals surface area (Å²) in [5.74, 6) is -1.56. The summed E-state index contributed by atoms with van der Waals surface area (Å²) in [6.45, 7) is 11.3. The molecule has 3 saturated heterocycles. The third kappa shape index (κ3) is 7.40. The number of ether oxygens (including phenoxy) is 3. The van der Waals surface area contributed by atoms with E-state index >= 15 is 0 Å². The van der Waals surface area contributed by atoms with Gasteiger partial charge in [-0.05, 0) is 51.5 Å². The molecule has 4 N–H and O–H groups in total. The summed E-state index contributed by atoms with van der Waals surface area (Å²) in [5, 5.41) is 34.3. The molecule has 0 aromatic heterocycles. The lowest BCUT2D eigenvalue weighted by Crippen LogP contribution is -2.65. The Morgan fingerprint density at radius 3 is 2.53 bits per heavy atom. The Balaban J connectivity index is 1.49. The second-order valence-corrected chi connectivity index (χ2v) is 11.4. The van der Waals surface area contributed by atoms with Crippen LogP contribution in [0.2, 0.25) is 0 Å². The standard InChI is InChI=1S/C29H45NO8/c1-7-21(31)14-18(3)10-13-25(32)30-22-15-19(4)23(37-20(22)5)11-8-17(2)9-12-24-26(33)29(16-36-29)27(34)28(6,35)38-24/h8-10,12-13,18-20,22-24,26-27,33-35H,7,11,14-16H2,1-6H3,(H,30,32)/b12-9+,13-10-,17-8+. The number of allylic oxidation sites excluding steroid dienone is 3. The van der Waals surface area contributed by atoms with Gasteiger partial charge < -0.3 is 34.8 Å². The van der Waals surface area contributed by atoms with Crippen LogP contribution in [-0.4, -0.2) is 81.6 Å². The summed E-state index contributed by atoms with van der Waals surface area (Å²) >= 11 is 0. The van der Waals surface area contributed by atoms with E-state index in [2.05, 4.69) is 18.3 Å². The number of nitrogens with one attached hydrogen (secondary N) is 1. The first-order valence-corrected chi connectivity index (χ1v) is 13.7. The molecule has 10 atom stereocenters. The number of aliphatic hydroxyl groups excluding tert-OH is 2. The summed E-state index contributed by atoms with van der Waals surface area (Å²) in [6.07, 6.45) is 7.87. The van der Waals surface area contributed by atoms with Crippen molar-refractivity contribution >= 4 is 11.7 Å². The number of hydrogen-bond acceptors (Lipinski definition) is 8. The van der Waals surface area contributed by atoms with Gasteiger partial charge >= 0.3 is 0 Å². The van der Waals surface area contributed by atoms with Crippen LogP contribution in [0, 0.1) is 11.8 Å². The number of carbonyl (C=O) groups excluding carboxylic acids is 2. The van der Waals surface area contributed by atoms with Crippen molar-refractivity contribution in [3.63, 3.8) is 0 Å². The minimum atomic E-state index is -1.82. The fraction of sp³-hybridized carbons (Fsp3) is 0.724. The van der Waals surface area contributed by atoms with Crippen LogP contribution in [-0.2, 0) is 23.8 Å². The molecule has 3 heterocycles. The Hall–Kier alpha value is -1.88. The quantitative estimate of drug-likeness (QED) is 0.190. The molecule has 0 aromatic rings. The summed E-state index contributed by atoms with van der Waals surface area (Å²) in [7, 11) is 0. The number of amides is 1.